The van der Waals surface area contributed by atoms with Crippen LogP contribution in [-0.2, 0) is 22.4 Å². The van der Waals surface area contributed by atoms with Gasteiger partial charge in [-0.3, -0.25) is 4.79 Å². The first-order chi connectivity index (χ1) is 10.3. The second-order valence-corrected chi connectivity index (χ2v) is 5.88. The van der Waals surface area contributed by atoms with Gasteiger partial charge in [-0.1, -0.05) is 12.1 Å². The maximum absolute atomic E-state index is 12.5. The number of ether oxygens (including phenoxy) is 2. The van der Waals surface area contributed by atoms with E-state index in [0.29, 0.717) is 12.3 Å². The minimum absolute atomic E-state index is 0.211. The van der Waals surface area contributed by atoms with Crippen LogP contribution in [0.2, 0.25) is 0 Å². The molecule has 0 aliphatic carbocycles. The van der Waals surface area contributed by atoms with Crippen LogP contribution in [0.15, 0.2) is 18.2 Å². The second-order valence-electron chi connectivity index (χ2n) is 5.88. The third-order valence-corrected chi connectivity index (χ3v) is 4.35. The van der Waals surface area contributed by atoms with E-state index in [2.05, 4.69) is 6.07 Å². The number of amides is 1. The van der Waals surface area contributed by atoms with Gasteiger partial charge in [0.2, 0.25) is 5.91 Å². The maximum Gasteiger partial charge on any atom is 0.226 e. The number of fused-ring (bicyclic) bond motifs is 1. The fraction of sp³-hybridized carbons (Fsp3) is 0.588. The van der Waals surface area contributed by atoms with Crippen molar-refractivity contribution < 1.29 is 14.3 Å². The number of benzene rings is 1. The van der Waals surface area contributed by atoms with Gasteiger partial charge in [0.05, 0.1) is 19.6 Å². The molecule has 4 nitrogen and oxygen atoms in total. The first kappa shape index (κ1) is 14.4. The number of hydrogen-bond acceptors (Lipinski definition) is 3. The van der Waals surface area contributed by atoms with Crippen LogP contribution in [-0.4, -0.2) is 43.7 Å². The molecule has 2 aliphatic heterocycles. The van der Waals surface area contributed by atoms with Crippen LogP contribution in [0, 0.1) is 5.92 Å². The van der Waals surface area contributed by atoms with Crippen LogP contribution in [0.1, 0.15) is 24.5 Å². The number of nitrogens with zero attached hydrogens (tertiary/aromatic N) is 1. The van der Waals surface area contributed by atoms with Crippen LogP contribution < -0.4 is 4.74 Å². The quantitative estimate of drug-likeness (QED) is 0.833. The molecule has 21 heavy (non-hydrogen) atoms. The average molecular weight is 289 g/mol. The molecule has 1 aromatic carbocycles. The average Bonchev–Trinajstić information content (AvgIpc) is 3.15. The molecule has 0 radical (unpaired) electrons. The molecule has 1 fully saturated rings. The molecule has 0 spiro atoms. The van der Waals surface area contributed by atoms with Gasteiger partial charge in [0.1, 0.15) is 5.75 Å². The number of likely N-dealkylation sites (N-methyl/N-ethyl adjacent to an activating group) is 1. The fourth-order valence-corrected chi connectivity index (χ4v) is 3.08. The molecule has 4 heteroatoms. The van der Waals surface area contributed by atoms with Crippen LogP contribution in [0.3, 0.4) is 0 Å². The molecule has 1 atom stereocenters. The molecule has 0 saturated carbocycles. The Kier molecular flexibility index (Phi) is 4.44. The predicted octanol–water partition coefficient (Wildman–Crippen LogP) is 2.05. The summed E-state index contributed by atoms with van der Waals surface area (Å²) >= 11 is 0. The summed E-state index contributed by atoms with van der Waals surface area (Å²) < 4.78 is 10.9. The molecule has 1 amide bonds. The third kappa shape index (κ3) is 3.38. The summed E-state index contributed by atoms with van der Waals surface area (Å²) in [5.41, 5.74) is 2.32. The molecule has 0 aromatic heterocycles. The van der Waals surface area contributed by atoms with E-state index in [9.17, 15) is 4.79 Å². The summed E-state index contributed by atoms with van der Waals surface area (Å²) in [7, 11) is 0. The Morgan fingerprint density at radius 1 is 1.38 bits per heavy atom. The summed E-state index contributed by atoms with van der Waals surface area (Å²) in [5, 5.41) is 0. The Morgan fingerprint density at radius 2 is 2.29 bits per heavy atom. The van der Waals surface area contributed by atoms with E-state index in [0.717, 1.165) is 57.1 Å². The first-order valence-electron chi connectivity index (χ1n) is 7.86. The minimum Gasteiger partial charge on any atom is -0.493 e. The van der Waals surface area contributed by atoms with Crippen molar-refractivity contribution in [2.75, 3.05) is 32.9 Å². The Hall–Kier alpha value is -1.55. The normalized spacial score (nSPS) is 20.1. The SMILES string of the molecule is CCN(CC1CCOC1)C(=O)Cc1ccc2c(c1)CCO2. The van der Waals surface area contributed by atoms with Crippen LogP contribution in [0.5, 0.6) is 5.75 Å². The first-order valence-corrected chi connectivity index (χ1v) is 7.86. The smallest absolute Gasteiger partial charge is 0.226 e. The monoisotopic (exact) mass is 289 g/mol. The lowest BCUT2D eigenvalue weighted by molar-refractivity contribution is -0.130. The van der Waals surface area contributed by atoms with Crippen LogP contribution in [0.25, 0.3) is 0 Å². The standard InChI is InChI=1S/C17H23NO3/c1-2-18(11-14-5-7-20-12-14)17(19)10-13-3-4-16-15(9-13)6-8-21-16/h3-4,9,14H,2,5-8,10-12H2,1H3. The van der Waals surface area contributed by atoms with Gasteiger partial charge in [-0.25, -0.2) is 0 Å². The van der Waals surface area contributed by atoms with Crippen molar-refractivity contribution in [2.24, 2.45) is 5.92 Å². The highest BCUT2D eigenvalue weighted by Gasteiger charge is 2.22. The van der Waals surface area contributed by atoms with E-state index in [1.165, 1.54) is 5.56 Å². The van der Waals surface area contributed by atoms with Crippen molar-refractivity contribution in [3.8, 4) is 5.75 Å². The van der Waals surface area contributed by atoms with Gasteiger partial charge < -0.3 is 14.4 Å². The van der Waals surface area contributed by atoms with Gasteiger partial charge in [-0.05, 0) is 30.5 Å². The van der Waals surface area contributed by atoms with Crippen LogP contribution >= 0.6 is 0 Å². The molecule has 0 N–H and O–H groups in total. The molecule has 1 aromatic rings. The van der Waals surface area contributed by atoms with Crippen molar-refractivity contribution in [3.63, 3.8) is 0 Å². The predicted molar refractivity (Wildman–Crippen MR) is 80.5 cm³/mol. The van der Waals surface area contributed by atoms with Crippen molar-refractivity contribution in [2.45, 2.75) is 26.2 Å². The topological polar surface area (TPSA) is 38.8 Å². The van der Waals surface area contributed by atoms with E-state index in [1.54, 1.807) is 0 Å². The Morgan fingerprint density at radius 3 is 3.05 bits per heavy atom. The lowest BCUT2D eigenvalue weighted by atomic mass is 10.0. The van der Waals surface area contributed by atoms with Gasteiger partial charge in [0.15, 0.2) is 0 Å². The van der Waals surface area contributed by atoms with Crippen molar-refractivity contribution in [3.05, 3.63) is 29.3 Å². The molecule has 114 valence electrons. The molecule has 2 heterocycles. The van der Waals surface area contributed by atoms with Gasteiger partial charge in [0, 0.05) is 32.0 Å². The summed E-state index contributed by atoms with van der Waals surface area (Å²) in [6.07, 6.45) is 2.50. The molecule has 1 unspecified atom stereocenters. The Balaban J connectivity index is 1.61. The fourth-order valence-electron chi connectivity index (χ4n) is 3.08. The molecule has 2 aliphatic rings. The molecular weight excluding hydrogens is 266 g/mol. The summed E-state index contributed by atoms with van der Waals surface area (Å²) in [5.74, 6) is 1.69. The molecular formula is C17H23NO3. The highest BCUT2D eigenvalue weighted by molar-refractivity contribution is 5.79. The van der Waals surface area contributed by atoms with E-state index in [4.69, 9.17) is 9.47 Å². The number of carbonyl (C=O) groups is 1. The van der Waals surface area contributed by atoms with Crippen molar-refractivity contribution in [1.29, 1.82) is 0 Å². The van der Waals surface area contributed by atoms with Gasteiger partial charge in [-0.2, -0.15) is 0 Å². The zero-order valence-corrected chi connectivity index (χ0v) is 12.6. The maximum atomic E-state index is 12.5. The summed E-state index contributed by atoms with van der Waals surface area (Å²) in [6, 6.07) is 6.12. The highest BCUT2D eigenvalue weighted by atomic mass is 16.5. The van der Waals surface area contributed by atoms with E-state index in [1.807, 2.05) is 24.0 Å². The van der Waals surface area contributed by atoms with Crippen molar-refractivity contribution in [1.82, 2.24) is 4.90 Å². The Labute approximate surface area is 126 Å². The van der Waals surface area contributed by atoms with Gasteiger partial charge in [-0.15, -0.1) is 0 Å². The molecule has 3 rings (SSSR count). The van der Waals surface area contributed by atoms with Crippen molar-refractivity contribution >= 4 is 5.91 Å². The minimum atomic E-state index is 0.211. The van der Waals surface area contributed by atoms with Gasteiger partial charge in [0.25, 0.3) is 0 Å². The molecule has 1 saturated heterocycles. The largest absolute Gasteiger partial charge is 0.493 e. The Bertz CT molecular complexity index is 509. The highest BCUT2D eigenvalue weighted by Crippen LogP contribution is 2.26. The lowest BCUT2D eigenvalue weighted by Crippen LogP contribution is -2.36. The summed E-state index contributed by atoms with van der Waals surface area (Å²) in [4.78, 5) is 14.4. The van der Waals surface area contributed by atoms with E-state index >= 15 is 0 Å². The lowest BCUT2D eigenvalue weighted by Gasteiger charge is -2.24. The summed E-state index contributed by atoms with van der Waals surface area (Å²) in [6.45, 7) is 6.02. The van der Waals surface area contributed by atoms with E-state index < -0.39 is 0 Å². The molecule has 0 bridgehead atoms. The number of rotatable bonds is 5. The number of carbonyl (C=O) groups excluding carboxylic acids is 1. The van der Waals surface area contributed by atoms with Crippen LogP contribution in [0.4, 0.5) is 0 Å². The van der Waals surface area contributed by atoms with Gasteiger partial charge >= 0.3 is 0 Å². The van der Waals surface area contributed by atoms with E-state index in [-0.39, 0.29) is 5.91 Å². The second kappa shape index (κ2) is 6.48. The zero-order valence-electron chi connectivity index (χ0n) is 12.6. The number of hydrogen-bond donors (Lipinski definition) is 0. The third-order valence-electron chi connectivity index (χ3n) is 4.35. The zero-order chi connectivity index (χ0) is 14.7.